The second-order valence-electron chi connectivity index (χ2n) is 14.1. The number of anilines is 3. The van der Waals surface area contributed by atoms with E-state index in [9.17, 15) is 0 Å². The lowest BCUT2D eigenvalue weighted by Crippen LogP contribution is -2.11. The zero-order valence-electron chi connectivity index (χ0n) is 31.3. The highest BCUT2D eigenvalue weighted by Crippen LogP contribution is 2.73. The van der Waals surface area contributed by atoms with Crippen LogP contribution in [0, 0.1) is 0 Å². The Kier molecular flexibility index (Phi) is 8.98. The Hall–Kier alpha value is -7.07. The van der Waals surface area contributed by atoms with E-state index in [0.29, 0.717) is 0 Å². The highest BCUT2D eigenvalue weighted by atomic mass is 32.3. The van der Waals surface area contributed by atoms with Gasteiger partial charge in [-0.05, 0) is 95.6 Å². The van der Waals surface area contributed by atoms with Crippen LogP contribution in [0.2, 0.25) is 0 Å². The van der Waals surface area contributed by atoms with Crippen molar-refractivity contribution in [2.75, 3.05) is 4.90 Å². The Labute approximate surface area is 335 Å². The number of hydrogen-bond donors (Lipinski definition) is 0. The average Bonchev–Trinajstić information content (AvgIpc) is 3.69. The van der Waals surface area contributed by atoms with Gasteiger partial charge in [-0.25, -0.2) is 0 Å². The van der Waals surface area contributed by atoms with Gasteiger partial charge in [-0.2, -0.15) is 0 Å². The number of nitrogens with zero attached hydrogens (tertiary/aromatic N) is 1. The molecule has 0 atom stereocenters. The molecule has 0 aliphatic rings. The Balaban J connectivity index is 1.13. The van der Waals surface area contributed by atoms with Crippen LogP contribution < -0.4 is 4.90 Å². The van der Waals surface area contributed by atoms with Crippen molar-refractivity contribution in [2.24, 2.45) is 0 Å². The summed E-state index contributed by atoms with van der Waals surface area (Å²) in [5.74, 6) is 0. The standard InChI is InChI=1S/C54H39NOS/c1-6-18-40(19-7-1)41-32-34-42(35-33-41)49-28-16-29-50-51-30-17-31-52(54(51)56-53(49)50)55(43-20-8-2-9-21-43)44-36-38-48(39-37-44)57(45-22-10-3-11-23-45,46-24-12-4-13-25-46)47-26-14-5-15-27-47/h1-39H. The van der Waals surface area contributed by atoms with Crippen LogP contribution in [-0.2, 0) is 0 Å². The molecule has 3 heteroatoms. The summed E-state index contributed by atoms with van der Waals surface area (Å²) in [6, 6.07) is 85.1. The quantitative estimate of drug-likeness (QED) is 0.146. The molecule has 10 aromatic rings. The second-order valence-corrected chi connectivity index (χ2v) is 17.2. The van der Waals surface area contributed by atoms with Gasteiger partial charge in [-0.15, -0.1) is 10.0 Å². The van der Waals surface area contributed by atoms with Crippen molar-refractivity contribution < 1.29 is 4.42 Å². The van der Waals surface area contributed by atoms with Crippen molar-refractivity contribution in [1.29, 1.82) is 0 Å². The first-order valence-electron chi connectivity index (χ1n) is 19.3. The van der Waals surface area contributed by atoms with E-state index in [0.717, 1.165) is 50.1 Å². The zero-order chi connectivity index (χ0) is 38.0. The Morgan fingerprint density at radius 1 is 0.298 bits per heavy atom. The SMILES string of the molecule is c1ccc(-c2ccc(-c3cccc4c3oc3c(N(c5ccccc5)c5ccc(S(c6ccccc6)(c6ccccc6)c6ccccc6)cc5)cccc34)cc2)cc1. The Morgan fingerprint density at radius 3 is 1.28 bits per heavy atom. The molecule has 0 N–H and O–H groups in total. The summed E-state index contributed by atoms with van der Waals surface area (Å²) < 4.78 is 7.02. The average molecular weight is 750 g/mol. The molecular weight excluding hydrogens is 711 g/mol. The summed E-state index contributed by atoms with van der Waals surface area (Å²) in [6.45, 7) is 0. The second kappa shape index (κ2) is 14.9. The molecule has 0 amide bonds. The van der Waals surface area contributed by atoms with E-state index in [4.69, 9.17) is 4.42 Å². The van der Waals surface area contributed by atoms with Crippen molar-refractivity contribution in [3.8, 4) is 22.3 Å². The van der Waals surface area contributed by atoms with Gasteiger partial charge in [0.05, 0.1) is 5.69 Å². The first-order valence-corrected chi connectivity index (χ1v) is 21.0. The molecule has 0 bridgehead atoms. The zero-order valence-corrected chi connectivity index (χ0v) is 32.1. The minimum atomic E-state index is -1.82. The first kappa shape index (κ1) is 34.4. The first-order chi connectivity index (χ1) is 28.3. The van der Waals surface area contributed by atoms with Gasteiger partial charge < -0.3 is 9.32 Å². The number of fused-ring (bicyclic) bond motifs is 3. The predicted octanol–water partition coefficient (Wildman–Crippen LogP) is 15.7. The van der Waals surface area contributed by atoms with E-state index in [2.05, 4.69) is 241 Å². The number of benzene rings is 9. The Morgan fingerprint density at radius 2 is 0.719 bits per heavy atom. The van der Waals surface area contributed by atoms with Gasteiger partial charge in [-0.3, -0.25) is 0 Å². The molecule has 0 fully saturated rings. The molecule has 0 radical (unpaired) electrons. The van der Waals surface area contributed by atoms with Crippen molar-refractivity contribution in [1.82, 2.24) is 0 Å². The van der Waals surface area contributed by atoms with Crippen LogP contribution in [-0.4, -0.2) is 0 Å². The number of furan rings is 1. The molecule has 0 saturated carbocycles. The molecular formula is C54H39NOS. The van der Waals surface area contributed by atoms with E-state index in [1.807, 2.05) is 0 Å². The molecule has 1 aromatic heterocycles. The lowest BCUT2D eigenvalue weighted by Gasteiger charge is -2.42. The molecule has 10 rings (SSSR count). The fourth-order valence-corrected chi connectivity index (χ4v) is 12.0. The third-order valence-electron chi connectivity index (χ3n) is 10.8. The van der Waals surface area contributed by atoms with Crippen LogP contribution in [0.5, 0.6) is 0 Å². The van der Waals surface area contributed by atoms with Crippen LogP contribution in [0.15, 0.2) is 261 Å². The van der Waals surface area contributed by atoms with Gasteiger partial charge in [-0.1, -0.05) is 158 Å². The highest BCUT2D eigenvalue weighted by molar-refractivity contribution is 8.34. The van der Waals surface area contributed by atoms with Crippen LogP contribution in [0.4, 0.5) is 17.1 Å². The van der Waals surface area contributed by atoms with Gasteiger partial charge in [0, 0.05) is 47.3 Å². The molecule has 0 aliphatic heterocycles. The minimum absolute atomic E-state index is 0.853. The van der Waals surface area contributed by atoms with Gasteiger partial charge in [0.25, 0.3) is 0 Å². The number of para-hydroxylation sites is 3. The third-order valence-corrected chi connectivity index (χ3v) is 14.7. The van der Waals surface area contributed by atoms with Crippen LogP contribution in [0.1, 0.15) is 0 Å². The van der Waals surface area contributed by atoms with Gasteiger partial charge in [0.1, 0.15) is 5.58 Å². The maximum absolute atomic E-state index is 7.02. The van der Waals surface area contributed by atoms with E-state index in [-0.39, 0.29) is 0 Å². The van der Waals surface area contributed by atoms with Gasteiger partial charge in [0.2, 0.25) is 0 Å². The molecule has 0 spiro atoms. The van der Waals surface area contributed by atoms with Crippen LogP contribution in [0.25, 0.3) is 44.2 Å². The summed E-state index contributed by atoms with van der Waals surface area (Å²) in [4.78, 5) is 7.49. The third kappa shape index (κ3) is 6.10. The van der Waals surface area contributed by atoms with E-state index in [1.165, 1.54) is 30.7 Å². The van der Waals surface area contributed by atoms with Crippen molar-refractivity contribution in [2.45, 2.75) is 19.6 Å². The summed E-state index contributed by atoms with van der Waals surface area (Å²) in [7, 11) is -1.82. The lowest BCUT2D eigenvalue weighted by atomic mass is 9.99. The van der Waals surface area contributed by atoms with Crippen molar-refractivity contribution >= 4 is 49.0 Å². The monoisotopic (exact) mass is 749 g/mol. The van der Waals surface area contributed by atoms with Gasteiger partial charge >= 0.3 is 0 Å². The molecule has 1 heterocycles. The van der Waals surface area contributed by atoms with E-state index < -0.39 is 10.0 Å². The minimum Gasteiger partial charge on any atom is -0.453 e. The Bertz CT molecular complexity index is 2810. The molecule has 0 unspecified atom stereocenters. The molecule has 272 valence electrons. The normalized spacial score (nSPS) is 11.8. The smallest absolute Gasteiger partial charge is 0.159 e. The predicted molar refractivity (Wildman–Crippen MR) is 239 cm³/mol. The van der Waals surface area contributed by atoms with E-state index >= 15 is 0 Å². The molecule has 2 nitrogen and oxygen atoms in total. The maximum Gasteiger partial charge on any atom is 0.159 e. The summed E-state index contributed by atoms with van der Waals surface area (Å²) in [5.41, 5.74) is 9.43. The van der Waals surface area contributed by atoms with Crippen molar-refractivity contribution in [3.63, 3.8) is 0 Å². The van der Waals surface area contributed by atoms with Crippen LogP contribution >= 0.6 is 10.0 Å². The van der Waals surface area contributed by atoms with Crippen LogP contribution in [0.3, 0.4) is 0 Å². The number of hydrogen-bond acceptors (Lipinski definition) is 2. The molecule has 9 aromatic carbocycles. The molecule has 0 aliphatic carbocycles. The summed E-state index contributed by atoms with van der Waals surface area (Å²) in [6.07, 6.45) is 0. The van der Waals surface area contributed by atoms with Crippen molar-refractivity contribution in [3.05, 3.63) is 237 Å². The highest BCUT2D eigenvalue weighted by Gasteiger charge is 2.33. The fraction of sp³-hybridized carbons (Fsp3) is 0. The van der Waals surface area contributed by atoms with Gasteiger partial charge in [0.15, 0.2) is 5.58 Å². The number of rotatable bonds is 9. The largest absolute Gasteiger partial charge is 0.453 e. The topological polar surface area (TPSA) is 16.4 Å². The fourth-order valence-electron chi connectivity index (χ4n) is 8.18. The maximum atomic E-state index is 7.02. The van der Waals surface area contributed by atoms with E-state index in [1.54, 1.807) is 0 Å². The summed E-state index contributed by atoms with van der Waals surface area (Å²) in [5, 5.41) is 2.19. The molecule has 0 saturated heterocycles. The molecule has 57 heavy (non-hydrogen) atoms. The summed E-state index contributed by atoms with van der Waals surface area (Å²) >= 11 is 0. The lowest BCUT2D eigenvalue weighted by molar-refractivity contribution is 0.670.